The summed E-state index contributed by atoms with van der Waals surface area (Å²) in [5, 5.41) is 6.83. The summed E-state index contributed by atoms with van der Waals surface area (Å²) in [5.74, 6) is 0.00465. The average Bonchev–Trinajstić information content (AvgIpc) is 2.80. The van der Waals surface area contributed by atoms with Gasteiger partial charge in [-0.25, -0.2) is 4.98 Å². The van der Waals surface area contributed by atoms with Gasteiger partial charge in [0, 0.05) is 30.7 Å². The number of thiazole rings is 1. The van der Waals surface area contributed by atoms with E-state index in [1.54, 1.807) is 0 Å². The fourth-order valence-corrected chi connectivity index (χ4v) is 3.62. The van der Waals surface area contributed by atoms with E-state index in [0.29, 0.717) is 11.7 Å². The number of fused-ring (bicyclic) bond motifs is 1. The number of hydrogen-bond acceptors (Lipinski definition) is 5. The Kier molecular flexibility index (Phi) is 4.30. The Morgan fingerprint density at radius 3 is 3.05 bits per heavy atom. The van der Waals surface area contributed by atoms with Crippen molar-refractivity contribution >= 4 is 48.5 Å². The maximum Gasteiger partial charge on any atom is 0.240 e. The SMILES string of the molecule is O=C(CN1CCNCC1)Nc1nc2ccc(Br)cc2s1. The molecule has 1 aromatic carbocycles. The van der Waals surface area contributed by atoms with Crippen molar-refractivity contribution in [1.82, 2.24) is 15.2 Å². The third-order valence-electron chi connectivity index (χ3n) is 3.17. The molecule has 1 fully saturated rings. The summed E-state index contributed by atoms with van der Waals surface area (Å²) in [7, 11) is 0. The van der Waals surface area contributed by atoms with Crippen molar-refractivity contribution in [2.24, 2.45) is 0 Å². The minimum absolute atomic E-state index is 0.00465. The zero-order valence-electron chi connectivity index (χ0n) is 10.9. The van der Waals surface area contributed by atoms with Crippen LogP contribution < -0.4 is 10.6 Å². The molecule has 0 spiro atoms. The zero-order chi connectivity index (χ0) is 13.9. The van der Waals surface area contributed by atoms with Gasteiger partial charge in [0.2, 0.25) is 5.91 Å². The molecule has 0 bridgehead atoms. The second-order valence-corrected chi connectivity index (χ2v) is 6.65. The van der Waals surface area contributed by atoms with Crippen molar-refractivity contribution < 1.29 is 4.79 Å². The normalized spacial score (nSPS) is 16.4. The Morgan fingerprint density at radius 1 is 1.45 bits per heavy atom. The highest BCUT2D eigenvalue weighted by atomic mass is 79.9. The lowest BCUT2D eigenvalue weighted by molar-refractivity contribution is -0.117. The van der Waals surface area contributed by atoms with Crippen LogP contribution in [-0.4, -0.2) is 48.5 Å². The molecule has 20 heavy (non-hydrogen) atoms. The zero-order valence-corrected chi connectivity index (χ0v) is 13.3. The predicted molar refractivity (Wildman–Crippen MR) is 85.3 cm³/mol. The molecule has 0 aliphatic carbocycles. The summed E-state index contributed by atoms with van der Waals surface area (Å²) in [4.78, 5) is 18.6. The van der Waals surface area contributed by atoms with Crippen LogP contribution in [0, 0.1) is 0 Å². The van der Waals surface area contributed by atoms with Crippen molar-refractivity contribution in [2.75, 3.05) is 38.0 Å². The Balaban J connectivity index is 1.64. The lowest BCUT2D eigenvalue weighted by Crippen LogP contribution is -2.46. The molecule has 0 saturated carbocycles. The maximum atomic E-state index is 12.0. The summed E-state index contributed by atoms with van der Waals surface area (Å²) in [5.41, 5.74) is 0.913. The van der Waals surface area contributed by atoms with Crippen LogP contribution in [0.3, 0.4) is 0 Å². The summed E-state index contributed by atoms with van der Waals surface area (Å²) in [6.07, 6.45) is 0. The highest BCUT2D eigenvalue weighted by Gasteiger charge is 2.14. The fourth-order valence-electron chi connectivity index (χ4n) is 2.18. The molecule has 1 aliphatic heterocycles. The number of carbonyl (C=O) groups excluding carboxylic acids is 1. The number of nitrogens with one attached hydrogen (secondary N) is 2. The third-order valence-corrected chi connectivity index (χ3v) is 4.60. The first kappa shape index (κ1) is 13.9. The molecule has 2 N–H and O–H groups in total. The van der Waals surface area contributed by atoms with E-state index in [1.165, 1.54) is 11.3 Å². The highest BCUT2D eigenvalue weighted by molar-refractivity contribution is 9.10. The highest BCUT2D eigenvalue weighted by Crippen LogP contribution is 2.28. The van der Waals surface area contributed by atoms with E-state index in [-0.39, 0.29) is 5.91 Å². The molecular formula is C13H15BrN4OS. The van der Waals surface area contributed by atoms with Gasteiger partial charge in [-0.15, -0.1) is 0 Å². The molecule has 2 heterocycles. The molecule has 1 aliphatic rings. The van der Waals surface area contributed by atoms with Crippen LogP contribution in [0.2, 0.25) is 0 Å². The number of piperazine rings is 1. The van der Waals surface area contributed by atoms with Gasteiger partial charge in [-0.2, -0.15) is 0 Å². The number of aromatic nitrogens is 1. The van der Waals surface area contributed by atoms with Gasteiger partial charge in [0.25, 0.3) is 0 Å². The van der Waals surface area contributed by atoms with E-state index in [0.717, 1.165) is 40.9 Å². The molecule has 2 aromatic rings. The second kappa shape index (κ2) is 6.17. The molecular weight excluding hydrogens is 340 g/mol. The van der Waals surface area contributed by atoms with E-state index in [9.17, 15) is 4.79 Å². The number of rotatable bonds is 3. The van der Waals surface area contributed by atoms with Gasteiger partial charge in [0.15, 0.2) is 5.13 Å². The molecule has 0 unspecified atom stereocenters. The molecule has 0 atom stereocenters. The van der Waals surface area contributed by atoms with Gasteiger partial charge in [-0.1, -0.05) is 27.3 Å². The van der Waals surface area contributed by atoms with Crippen molar-refractivity contribution in [3.8, 4) is 0 Å². The van der Waals surface area contributed by atoms with Crippen LogP contribution in [-0.2, 0) is 4.79 Å². The van der Waals surface area contributed by atoms with Crippen molar-refractivity contribution in [3.63, 3.8) is 0 Å². The lowest BCUT2D eigenvalue weighted by Gasteiger charge is -2.26. The molecule has 106 valence electrons. The smallest absolute Gasteiger partial charge is 0.240 e. The number of halogens is 1. The van der Waals surface area contributed by atoms with Gasteiger partial charge in [0.05, 0.1) is 16.8 Å². The summed E-state index contributed by atoms with van der Waals surface area (Å²) >= 11 is 4.94. The number of nitrogens with zero attached hydrogens (tertiary/aromatic N) is 2. The monoisotopic (exact) mass is 354 g/mol. The Morgan fingerprint density at radius 2 is 2.25 bits per heavy atom. The van der Waals surface area contributed by atoms with Crippen LogP contribution in [0.1, 0.15) is 0 Å². The minimum Gasteiger partial charge on any atom is -0.314 e. The Hall–Kier alpha value is -1.02. The summed E-state index contributed by atoms with van der Waals surface area (Å²) in [6, 6.07) is 5.91. The average molecular weight is 355 g/mol. The standard InChI is InChI=1S/C13H15BrN4OS/c14-9-1-2-10-11(7-9)20-13(16-10)17-12(19)8-18-5-3-15-4-6-18/h1-2,7,15H,3-6,8H2,(H,16,17,19). The molecule has 1 amide bonds. The van der Waals surface area contributed by atoms with Crippen LogP contribution in [0.25, 0.3) is 10.2 Å². The molecule has 1 aromatic heterocycles. The maximum absolute atomic E-state index is 12.0. The number of anilines is 1. The van der Waals surface area contributed by atoms with E-state index in [2.05, 4.69) is 36.4 Å². The van der Waals surface area contributed by atoms with Crippen molar-refractivity contribution in [1.29, 1.82) is 0 Å². The molecule has 1 saturated heterocycles. The fraction of sp³-hybridized carbons (Fsp3) is 0.385. The van der Waals surface area contributed by atoms with Crippen LogP contribution in [0.5, 0.6) is 0 Å². The van der Waals surface area contributed by atoms with Crippen LogP contribution >= 0.6 is 27.3 Å². The second-order valence-electron chi connectivity index (χ2n) is 4.71. The van der Waals surface area contributed by atoms with Crippen LogP contribution in [0.15, 0.2) is 22.7 Å². The molecule has 7 heteroatoms. The minimum atomic E-state index is 0.00465. The van der Waals surface area contributed by atoms with Gasteiger partial charge in [0.1, 0.15) is 0 Å². The van der Waals surface area contributed by atoms with Gasteiger partial charge >= 0.3 is 0 Å². The topological polar surface area (TPSA) is 57.3 Å². The predicted octanol–water partition coefficient (Wildman–Crippen LogP) is 1.90. The number of carbonyl (C=O) groups is 1. The first-order chi connectivity index (χ1) is 9.70. The quantitative estimate of drug-likeness (QED) is 0.883. The Labute approximate surface area is 129 Å². The number of amides is 1. The van der Waals surface area contributed by atoms with E-state index < -0.39 is 0 Å². The largest absolute Gasteiger partial charge is 0.314 e. The van der Waals surface area contributed by atoms with Gasteiger partial charge in [-0.05, 0) is 18.2 Å². The van der Waals surface area contributed by atoms with Crippen LogP contribution in [0.4, 0.5) is 5.13 Å². The molecule has 0 radical (unpaired) electrons. The van der Waals surface area contributed by atoms with Gasteiger partial charge < -0.3 is 10.6 Å². The molecule has 5 nitrogen and oxygen atoms in total. The Bertz CT molecular complexity index is 624. The van der Waals surface area contributed by atoms with Crippen molar-refractivity contribution in [3.05, 3.63) is 22.7 Å². The van der Waals surface area contributed by atoms with E-state index in [1.807, 2.05) is 18.2 Å². The first-order valence-electron chi connectivity index (χ1n) is 6.50. The van der Waals surface area contributed by atoms with E-state index in [4.69, 9.17) is 0 Å². The number of hydrogen-bond donors (Lipinski definition) is 2. The lowest BCUT2D eigenvalue weighted by atomic mass is 10.3. The molecule has 3 rings (SSSR count). The summed E-state index contributed by atoms with van der Waals surface area (Å²) < 4.78 is 2.09. The van der Waals surface area contributed by atoms with Gasteiger partial charge in [-0.3, -0.25) is 9.69 Å². The summed E-state index contributed by atoms with van der Waals surface area (Å²) in [6.45, 7) is 4.16. The van der Waals surface area contributed by atoms with E-state index >= 15 is 0 Å². The first-order valence-corrected chi connectivity index (χ1v) is 8.11. The van der Waals surface area contributed by atoms with Crippen molar-refractivity contribution in [2.45, 2.75) is 0 Å². The third kappa shape index (κ3) is 3.35. The number of benzene rings is 1.